The van der Waals surface area contributed by atoms with E-state index in [2.05, 4.69) is 9.72 Å². The number of aryl methyl sites for hydroxylation is 1. The van der Waals surface area contributed by atoms with Crippen LogP contribution in [0.15, 0.2) is 6.07 Å². The lowest BCUT2D eigenvalue weighted by Gasteiger charge is -2.07. The molecule has 0 spiro atoms. The van der Waals surface area contributed by atoms with Crippen LogP contribution in [0.25, 0.3) is 0 Å². The highest BCUT2D eigenvalue weighted by atomic mass is 19.3. The number of hydrogen-bond acceptors (Lipinski definition) is 4. The highest BCUT2D eigenvalue weighted by molar-refractivity contribution is 5.92. The largest absolute Gasteiger partial charge is 0.465 e. The number of halogens is 2. The predicted molar refractivity (Wildman–Crippen MR) is 50.0 cm³/mol. The van der Waals surface area contributed by atoms with Crippen LogP contribution in [0, 0.1) is 18.3 Å². The van der Waals surface area contributed by atoms with Crippen molar-refractivity contribution >= 4 is 5.97 Å². The summed E-state index contributed by atoms with van der Waals surface area (Å²) in [4.78, 5) is 14.8. The number of methoxy groups -OCH3 is 1. The van der Waals surface area contributed by atoms with Crippen LogP contribution in [0.4, 0.5) is 8.78 Å². The lowest BCUT2D eigenvalue weighted by molar-refractivity contribution is 0.0599. The van der Waals surface area contributed by atoms with Crippen molar-refractivity contribution in [1.82, 2.24) is 4.98 Å². The van der Waals surface area contributed by atoms with Gasteiger partial charge in [0.05, 0.1) is 23.9 Å². The molecule has 84 valence electrons. The summed E-state index contributed by atoms with van der Waals surface area (Å²) in [5, 5.41) is 8.79. The zero-order valence-corrected chi connectivity index (χ0v) is 8.62. The normalized spacial score (nSPS) is 10.0. The summed E-state index contributed by atoms with van der Waals surface area (Å²) < 4.78 is 29.3. The van der Waals surface area contributed by atoms with Gasteiger partial charge in [0.15, 0.2) is 0 Å². The molecule has 1 heterocycles. The highest BCUT2D eigenvalue weighted by Crippen LogP contribution is 2.21. The van der Waals surface area contributed by atoms with Gasteiger partial charge in [-0.3, -0.25) is 4.98 Å². The first-order chi connectivity index (χ1) is 7.51. The predicted octanol–water partition coefficient (Wildman–Crippen LogP) is 1.99. The Balaban J connectivity index is 3.44. The van der Waals surface area contributed by atoms with Gasteiger partial charge in [0, 0.05) is 0 Å². The number of esters is 1. The third kappa shape index (κ3) is 2.14. The summed E-state index contributed by atoms with van der Waals surface area (Å²) in [6.45, 7) is 1.39. The van der Waals surface area contributed by atoms with Crippen LogP contribution >= 0.6 is 0 Å². The Kier molecular flexibility index (Phi) is 3.51. The minimum absolute atomic E-state index is 0.0451. The van der Waals surface area contributed by atoms with E-state index in [-0.39, 0.29) is 16.8 Å². The molecule has 0 N–H and O–H groups in total. The van der Waals surface area contributed by atoms with E-state index in [1.54, 1.807) is 6.07 Å². The maximum atomic E-state index is 12.4. The third-order valence-corrected chi connectivity index (χ3v) is 1.96. The molecule has 0 aliphatic carbocycles. The number of alkyl halides is 2. The van der Waals surface area contributed by atoms with Crippen molar-refractivity contribution in [3.05, 3.63) is 28.6 Å². The van der Waals surface area contributed by atoms with Crippen molar-refractivity contribution in [3.8, 4) is 6.07 Å². The molecule has 6 heteroatoms. The number of pyridine rings is 1. The fraction of sp³-hybridized carbons (Fsp3) is 0.300. The number of nitriles is 1. The van der Waals surface area contributed by atoms with Gasteiger partial charge in [0.1, 0.15) is 11.8 Å². The smallest absolute Gasteiger partial charge is 0.339 e. The second-order valence-corrected chi connectivity index (χ2v) is 2.96. The van der Waals surface area contributed by atoms with E-state index in [4.69, 9.17) is 5.26 Å². The van der Waals surface area contributed by atoms with Gasteiger partial charge in [-0.2, -0.15) is 5.26 Å². The zero-order valence-electron chi connectivity index (χ0n) is 8.62. The Hall–Kier alpha value is -2.03. The van der Waals surface area contributed by atoms with Gasteiger partial charge in [-0.25, -0.2) is 13.6 Å². The lowest BCUT2D eigenvalue weighted by Crippen LogP contribution is -2.09. The topological polar surface area (TPSA) is 63.0 Å². The molecule has 0 atom stereocenters. The first-order valence-electron chi connectivity index (χ1n) is 4.29. The molecule has 1 aromatic heterocycles. The molecular formula is C10H8F2N2O2. The molecule has 4 nitrogen and oxygen atoms in total. The molecule has 0 saturated carbocycles. The summed E-state index contributed by atoms with van der Waals surface area (Å²) in [6, 6.07) is 2.61. The van der Waals surface area contributed by atoms with Crippen molar-refractivity contribution in [1.29, 1.82) is 5.26 Å². The van der Waals surface area contributed by atoms with Crippen LogP contribution in [0.1, 0.15) is 33.7 Å². The van der Waals surface area contributed by atoms with Gasteiger partial charge in [0.2, 0.25) is 0 Å². The van der Waals surface area contributed by atoms with Crippen molar-refractivity contribution in [3.63, 3.8) is 0 Å². The summed E-state index contributed by atoms with van der Waals surface area (Å²) in [5.41, 5.74) is -0.693. The van der Waals surface area contributed by atoms with Crippen LogP contribution in [0.5, 0.6) is 0 Å². The van der Waals surface area contributed by atoms with Crippen LogP contribution in [0.3, 0.4) is 0 Å². The molecule has 1 rings (SSSR count). The molecular weight excluding hydrogens is 218 g/mol. The van der Waals surface area contributed by atoms with Gasteiger partial charge in [-0.1, -0.05) is 0 Å². The van der Waals surface area contributed by atoms with Crippen LogP contribution in [0.2, 0.25) is 0 Å². The summed E-state index contributed by atoms with van der Waals surface area (Å²) in [7, 11) is 1.11. The van der Waals surface area contributed by atoms with Gasteiger partial charge >= 0.3 is 5.97 Å². The molecule has 0 radical (unpaired) electrons. The van der Waals surface area contributed by atoms with Crippen LogP contribution < -0.4 is 0 Å². The Morgan fingerprint density at radius 2 is 2.25 bits per heavy atom. The molecule has 0 aliphatic rings. The van der Waals surface area contributed by atoms with E-state index in [9.17, 15) is 13.6 Å². The Labute approximate surface area is 90.5 Å². The monoisotopic (exact) mass is 226 g/mol. The van der Waals surface area contributed by atoms with Gasteiger partial charge < -0.3 is 4.74 Å². The number of nitrogens with zero attached hydrogens (tertiary/aromatic N) is 2. The molecule has 0 aromatic carbocycles. The zero-order chi connectivity index (χ0) is 12.3. The van der Waals surface area contributed by atoms with E-state index in [0.29, 0.717) is 0 Å². The van der Waals surface area contributed by atoms with E-state index >= 15 is 0 Å². The van der Waals surface area contributed by atoms with Gasteiger partial charge in [-0.15, -0.1) is 0 Å². The molecule has 1 aromatic rings. The molecule has 0 fully saturated rings. The maximum absolute atomic E-state index is 12.4. The van der Waals surface area contributed by atoms with Gasteiger partial charge in [0.25, 0.3) is 6.43 Å². The fourth-order valence-electron chi connectivity index (χ4n) is 1.22. The fourth-order valence-corrected chi connectivity index (χ4v) is 1.22. The average molecular weight is 226 g/mol. The number of rotatable bonds is 2. The standard InChI is InChI=1S/C10H8F2N2O2/c1-5-7(4-13)6(10(15)16-2)3-8(14-5)9(11)12/h3,9H,1-2H3. The average Bonchev–Trinajstić information content (AvgIpc) is 2.26. The molecule has 0 bridgehead atoms. The minimum Gasteiger partial charge on any atom is -0.465 e. The quantitative estimate of drug-likeness (QED) is 0.723. The summed E-state index contributed by atoms with van der Waals surface area (Å²) in [5.74, 6) is -0.830. The first-order valence-corrected chi connectivity index (χ1v) is 4.29. The highest BCUT2D eigenvalue weighted by Gasteiger charge is 2.20. The van der Waals surface area contributed by atoms with Gasteiger partial charge in [-0.05, 0) is 13.0 Å². The van der Waals surface area contributed by atoms with E-state index in [1.807, 2.05) is 0 Å². The molecule has 0 aliphatic heterocycles. The maximum Gasteiger partial charge on any atom is 0.339 e. The molecule has 0 saturated heterocycles. The van der Waals surface area contributed by atoms with Crippen molar-refractivity contribution in [2.24, 2.45) is 0 Å². The number of carbonyl (C=O) groups is 1. The second-order valence-electron chi connectivity index (χ2n) is 2.96. The molecule has 0 amide bonds. The number of aromatic nitrogens is 1. The Morgan fingerprint density at radius 1 is 1.62 bits per heavy atom. The molecule has 16 heavy (non-hydrogen) atoms. The van der Waals surface area contributed by atoms with Crippen LogP contribution in [-0.4, -0.2) is 18.1 Å². The Morgan fingerprint density at radius 3 is 2.69 bits per heavy atom. The molecule has 0 unspecified atom stereocenters. The van der Waals surface area contributed by atoms with Crippen molar-refractivity contribution < 1.29 is 18.3 Å². The Bertz CT molecular complexity index is 467. The van der Waals surface area contributed by atoms with Crippen molar-refractivity contribution in [2.45, 2.75) is 13.3 Å². The third-order valence-electron chi connectivity index (χ3n) is 1.96. The number of ether oxygens (including phenoxy) is 1. The van der Waals surface area contributed by atoms with E-state index < -0.39 is 18.1 Å². The lowest BCUT2D eigenvalue weighted by atomic mass is 10.1. The summed E-state index contributed by atoms with van der Waals surface area (Å²) >= 11 is 0. The van der Waals surface area contributed by atoms with E-state index in [1.165, 1.54) is 6.92 Å². The first kappa shape index (κ1) is 12.0. The SMILES string of the molecule is COC(=O)c1cc(C(F)F)nc(C)c1C#N. The van der Waals surface area contributed by atoms with Crippen LogP contribution in [-0.2, 0) is 4.74 Å². The second kappa shape index (κ2) is 4.66. The van der Waals surface area contributed by atoms with Crippen molar-refractivity contribution in [2.75, 3.05) is 7.11 Å². The minimum atomic E-state index is -2.80. The number of carbonyl (C=O) groups excluding carboxylic acids is 1. The summed E-state index contributed by atoms with van der Waals surface area (Å²) in [6.07, 6.45) is -2.80. The number of hydrogen-bond donors (Lipinski definition) is 0. The van der Waals surface area contributed by atoms with E-state index in [0.717, 1.165) is 13.2 Å².